The van der Waals surface area contributed by atoms with Gasteiger partial charge in [-0.2, -0.15) is 0 Å². The Kier molecular flexibility index (Phi) is 4.97. The zero-order chi connectivity index (χ0) is 24.9. The van der Waals surface area contributed by atoms with Crippen LogP contribution in [0.1, 0.15) is 106 Å². The van der Waals surface area contributed by atoms with Crippen molar-refractivity contribution in [3.05, 3.63) is 23.3 Å². The van der Waals surface area contributed by atoms with E-state index in [2.05, 4.69) is 46.8 Å². The molecule has 0 saturated heterocycles. The van der Waals surface area contributed by atoms with Gasteiger partial charge in [0.15, 0.2) is 0 Å². The van der Waals surface area contributed by atoms with Gasteiger partial charge in [-0.1, -0.05) is 53.2 Å². The van der Waals surface area contributed by atoms with Crippen molar-refractivity contribution < 1.29 is 19.8 Å². The number of carboxylic acid groups (broad SMARTS) is 2. The van der Waals surface area contributed by atoms with E-state index in [1.165, 1.54) is 5.57 Å². The molecule has 3 saturated carbocycles. The van der Waals surface area contributed by atoms with Crippen molar-refractivity contribution in [2.75, 3.05) is 0 Å². The third-order valence-corrected chi connectivity index (χ3v) is 12.4. The van der Waals surface area contributed by atoms with E-state index in [0.29, 0.717) is 12.3 Å². The van der Waals surface area contributed by atoms with Crippen LogP contribution in [0.25, 0.3) is 0 Å². The lowest BCUT2D eigenvalue weighted by atomic mass is 9.34. The fourth-order valence-corrected chi connectivity index (χ4v) is 10.0. The predicted molar refractivity (Wildman–Crippen MR) is 133 cm³/mol. The minimum atomic E-state index is -0.738. The van der Waals surface area contributed by atoms with Crippen molar-refractivity contribution in [3.8, 4) is 0 Å². The first-order chi connectivity index (χ1) is 15.7. The van der Waals surface area contributed by atoms with Crippen molar-refractivity contribution in [2.24, 2.45) is 44.3 Å². The van der Waals surface area contributed by atoms with Gasteiger partial charge < -0.3 is 10.2 Å². The monoisotopic (exact) mass is 468 g/mol. The molecule has 0 aliphatic heterocycles. The molecule has 4 nitrogen and oxygen atoms in total. The second-order valence-electron chi connectivity index (χ2n) is 14.3. The number of rotatable bonds is 2. The molecule has 0 spiro atoms. The summed E-state index contributed by atoms with van der Waals surface area (Å²) in [6, 6.07) is 0. The first kappa shape index (κ1) is 24.1. The summed E-state index contributed by atoms with van der Waals surface area (Å²) in [7, 11) is 0. The maximum atomic E-state index is 12.7. The molecule has 0 bridgehead atoms. The number of carboxylic acids is 2. The predicted octanol–water partition coefficient (Wildman–Crippen LogP) is 7.25. The first-order valence-electron chi connectivity index (χ1n) is 13.6. The Morgan fingerprint density at radius 2 is 1.47 bits per heavy atom. The van der Waals surface area contributed by atoms with Gasteiger partial charge in [0, 0.05) is 0 Å². The number of hydrogen-bond acceptors (Lipinski definition) is 2. The van der Waals surface area contributed by atoms with Crippen LogP contribution in [0.5, 0.6) is 0 Å². The number of aliphatic carboxylic acids is 2. The van der Waals surface area contributed by atoms with Crippen LogP contribution in [0.2, 0.25) is 0 Å². The van der Waals surface area contributed by atoms with Crippen molar-refractivity contribution >= 4 is 11.9 Å². The first-order valence-corrected chi connectivity index (χ1v) is 13.6. The zero-order valence-electron chi connectivity index (χ0n) is 22.1. The molecule has 0 aromatic rings. The van der Waals surface area contributed by atoms with Gasteiger partial charge in [0.1, 0.15) is 0 Å². The van der Waals surface area contributed by atoms with Gasteiger partial charge in [0.25, 0.3) is 0 Å². The Morgan fingerprint density at radius 1 is 0.794 bits per heavy atom. The van der Waals surface area contributed by atoms with Crippen molar-refractivity contribution in [1.82, 2.24) is 0 Å². The van der Waals surface area contributed by atoms with Crippen LogP contribution in [0.15, 0.2) is 23.3 Å². The average Bonchev–Trinajstić information content (AvgIpc) is 2.73. The van der Waals surface area contributed by atoms with Crippen LogP contribution >= 0.6 is 0 Å². The molecule has 3 fully saturated rings. The molecule has 0 aromatic heterocycles. The van der Waals surface area contributed by atoms with Crippen LogP contribution in [0, 0.1) is 44.3 Å². The molecule has 0 amide bonds. The number of hydrogen-bond donors (Lipinski definition) is 2. The lowest BCUT2D eigenvalue weighted by Crippen LogP contribution is -2.63. The molecule has 0 unspecified atom stereocenters. The third-order valence-electron chi connectivity index (χ3n) is 12.4. The Morgan fingerprint density at radius 3 is 2.12 bits per heavy atom. The summed E-state index contributed by atoms with van der Waals surface area (Å²) in [5.74, 6) is -0.633. The molecule has 5 aliphatic rings. The third kappa shape index (κ3) is 2.77. The van der Waals surface area contributed by atoms with E-state index in [0.717, 1.165) is 63.4 Å². The summed E-state index contributed by atoms with van der Waals surface area (Å²) in [6.45, 7) is 13.8. The van der Waals surface area contributed by atoms with Gasteiger partial charge in [-0.15, -0.1) is 0 Å². The van der Waals surface area contributed by atoms with Crippen LogP contribution < -0.4 is 0 Å². The van der Waals surface area contributed by atoms with Gasteiger partial charge in [-0.05, 0) is 109 Å². The quantitative estimate of drug-likeness (QED) is 0.448. The molecule has 5 rings (SSSR count). The molecular weight excluding hydrogens is 424 g/mol. The Labute approximate surface area is 205 Å². The Hall–Kier alpha value is -1.58. The van der Waals surface area contributed by atoms with E-state index < -0.39 is 22.8 Å². The molecule has 5 aliphatic carbocycles. The molecule has 34 heavy (non-hydrogen) atoms. The Bertz CT molecular complexity index is 1010. The maximum Gasteiger partial charge on any atom is 0.314 e. The highest BCUT2D eigenvalue weighted by Crippen LogP contribution is 2.75. The van der Waals surface area contributed by atoms with Gasteiger partial charge in [0.05, 0.1) is 10.8 Å². The van der Waals surface area contributed by atoms with E-state index >= 15 is 0 Å². The fraction of sp³-hybridized carbons (Fsp3) is 0.800. The summed E-state index contributed by atoms with van der Waals surface area (Å²) in [6.07, 6.45) is 13.8. The molecule has 4 heteroatoms. The van der Waals surface area contributed by atoms with Crippen molar-refractivity contribution in [1.29, 1.82) is 0 Å². The van der Waals surface area contributed by atoms with E-state index in [-0.39, 0.29) is 27.6 Å². The largest absolute Gasteiger partial charge is 0.481 e. The number of allylic oxidation sites excluding steroid dienone is 3. The molecule has 188 valence electrons. The highest BCUT2D eigenvalue weighted by atomic mass is 16.4. The average molecular weight is 469 g/mol. The molecular formula is C30H44O4. The fourth-order valence-electron chi connectivity index (χ4n) is 10.0. The molecule has 7 atom stereocenters. The number of fused-ring (bicyclic) bond motifs is 7. The van der Waals surface area contributed by atoms with E-state index in [4.69, 9.17) is 0 Å². The normalized spacial score (nSPS) is 49.4. The van der Waals surface area contributed by atoms with Gasteiger partial charge in [0.2, 0.25) is 0 Å². The van der Waals surface area contributed by atoms with Gasteiger partial charge >= 0.3 is 11.9 Å². The summed E-state index contributed by atoms with van der Waals surface area (Å²) >= 11 is 0. The minimum absolute atomic E-state index is 0.00494. The smallest absolute Gasteiger partial charge is 0.314 e. The van der Waals surface area contributed by atoms with Gasteiger partial charge in [-0.25, -0.2) is 0 Å². The summed E-state index contributed by atoms with van der Waals surface area (Å²) in [4.78, 5) is 25.2. The van der Waals surface area contributed by atoms with E-state index in [1.807, 2.05) is 6.92 Å². The summed E-state index contributed by atoms with van der Waals surface area (Å²) in [5, 5.41) is 20.7. The van der Waals surface area contributed by atoms with Crippen molar-refractivity contribution in [2.45, 2.75) is 106 Å². The van der Waals surface area contributed by atoms with E-state index in [9.17, 15) is 19.8 Å². The standard InChI is InChI=1S/C30H44O4/c1-25(2)14-16-30(24(33)34)17-15-28(5)19(20(30)18-25)8-9-22-26(3)11-7-12-27(4,23(31)32)21(26)10-13-29(22,28)6/h8,18,21-22H,7,9-17H2,1-6H3,(H,31,32)(H,33,34)/t21-,22-,26+,27+,28-,29-,30+/m1/s1. The molecule has 0 heterocycles. The van der Waals surface area contributed by atoms with Crippen LogP contribution in [0.3, 0.4) is 0 Å². The molecule has 0 radical (unpaired) electrons. The van der Waals surface area contributed by atoms with Crippen LogP contribution in [0.4, 0.5) is 0 Å². The van der Waals surface area contributed by atoms with Crippen LogP contribution in [-0.4, -0.2) is 22.2 Å². The molecule has 0 aromatic carbocycles. The number of carbonyl (C=O) groups is 2. The SMILES string of the molecule is CC1(C)C=C2C3=CC[C@@H]4[C@@]5(C)CCC[C@](C)(C(=O)O)[C@@H]5CC[C@@]4(C)[C@]3(C)CC[C@@]2(C(=O)O)CC1. The Balaban J connectivity index is 1.64. The maximum absolute atomic E-state index is 12.7. The minimum Gasteiger partial charge on any atom is -0.481 e. The lowest BCUT2D eigenvalue weighted by molar-refractivity contribution is -0.191. The van der Waals surface area contributed by atoms with Gasteiger partial charge in [-0.3, -0.25) is 9.59 Å². The summed E-state index contributed by atoms with van der Waals surface area (Å²) < 4.78 is 0. The highest BCUT2D eigenvalue weighted by Gasteiger charge is 2.68. The van der Waals surface area contributed by atoms with E-state index in [1.54, 1.807) is 0 Å². The van der Waals surface area contributed by atoms with Crippen molar-refractivity contribution in [3.63, 3.8) is 0 Å². The topological polar surface area (TPSA) is 74.6 Å². The summed E-state index contributed by atoms with van der Waals surface area (Å²) in [5.41, 5.74) is 1.04. The van der Waals surface area contributed by atoms with Crippen LogP contribution in [-0.2, 0) is 9.59 Å². The second kappa shape index (κ2) is 7.01. The molecule has 2 N–H and O–H groups in total. The second-order valence-corrected chi connectivity index (χ2v) is 14.3. The zero-order valence-corrected chi connectivity index (χ0v) is 22.1. The highest BCUT2D eigenvalue weighted by molar-refractivity contribution is 5.82. The lowest BCUT2D eigenvalue weighted by Gasteiger charge is -2.69.